The molecule has 1 aliphatic rings. The van der Waals surface area contributed by atoms with Crippen LogP contribution < -0.4 is 0 Å². The van der Waals surface area contributed by atoms with Crippen LogP contribution in [0, 0.1) is 0 Å². The monoisotopic (exact) mass is 224 g/mol. The molecule has 0 N–H and O–H groups in total. The number of hydrogen-bond acceptors (Lipinski definition) is 2. The summed E-state index contributed by atoms with van der Waals surface area (Å²) in [6, 6.07) is 0.638. The largest absolute Gasteiger partial charge is 0.339 e. The van der Waals surface area contributed by atoms with Crippen molar-refractivity contribution in [1.29, 1.82) is 0 Å². The lowest BCUT2D eigenvalue weighted by atomic mass is 10.0. The number of likely N-dealkylation sites (tertiary alicyclic amines) is 1. The third kappa shape index (κ3) is 3.34. The minimum atomic E-state index is 0.221. The molecule has 0 aliphatic carbocycles. The van der Waals surface area contributed by atoms with Crippen LogP contribution in [0.4, 0.5) is 0 Å². The maximum atomic E-state index is 12.0. The van der Waals surface area contributed by atoms with Crippen molar-refractivity contribution in [3.8, 4) is 0 Å². The van der Waals surface area contributed by atoms with Crippen molar-refractivity contribution >= 4 is 5.91 Å². The number of carbonyl (C=O) groups excluding carboxylic acids is 1. The molecule has 1 rings (SSSR count). The summed E-state index contributed by atoms with van der Waals surface area (Å²) in [6.45, 7) is 5.78. The first-order valence-corrected chi connectivity index (χ1v) is 6.18. The standard InChI is InChI=1S/C13H24N2O/c1-5-6-11(2)13(16)15-9-7-12(8-10-15)14(3)4/h6,12H,5,7-10H2,1-4H3/b11-6-. The van der Waals surface area contributed by atoms with Crippen LogP contribution in [0.1, 0.15) is 33.1 Å². The molecule has 0 radical (unpaired) electrons. The van der Waals surface area contributed by atoms with Crippen LogP contribution >= 0.6 is 0 Å². The second-order valence-corrected chi connectivity index (χ2v) is 4.78. The van der Waals surface area contributed by atoms with Crippen molar-refractivity contribution in [3.63, 3.8) is 0 Å². The number of amides is 1. The summed E-state index contributed by atoms with van der Waals surface area (Å²) in [6.07, 6.45) is 5.14. The van der Waals surface area contributed by atoms with Crippen molar-refractivity contribution < 1.29 is 4.79 Å². The summed E-state index contributed by atoms with van der Waals surface area (Å²) in [4.78, 5) is 16.3. The van der Waals surface area contributed by atoms with Gasteiger partial charge in [-0.15, -0.1) is 0 Å². The summed E-state index contributed by atoms with van der Waals surface area (Å²) in [5.74, 6) is 0.221. The average Bonchev–Trinajstić information content (AvgIpc) is 2.28. The molecule has 1 saturated heterocycles. The van der Waals surface area contributed by atoms with Gasteiger partial charge in [0.2, 0.25) is 5.91 Å². The molecule has 3 nitrogen and oxygen atoms in total. The van der Waals surface area contributed by atoms with E-state index in [9.17, 15) is 4.79 Å². The van der Waals surface area contributed by atoms with Gasteiger partial charge in [0.05, 0.1) is 0 Å². The highest BCUT2D eigenvalue weighted by Gasteiger charge is 2.24. The Morgan fingerprint density at radius 1 is 1.38 bits per heavy atom. The zero-order chi connectivity index (χ0) is 12.1. The van der Waals surface area contributed by atoms with Crippen LogP contribution in [0.15, 0.2) is 11.6 Å². The van der Waals surface area contributed by atoms with Crippen LogP contribution in [0.5, 0.6) is 0 Å². The molecule has 0 aromatic carbocycles. The highest BCUT2D eigenvalue weighted by atomic mass is 16.2. The molecule has 1 heterocycles. The first-order chi connectivity index (χ1) is 7.56. The maximum absolute atomic E-state index is 12.0. The van der Waals surface area contributed by atoms with Crippen molar-refractivity contribution in [2.75, 3.05) is 27.2 Å². The molecular formula is C13H24N2O. The Morgan fingerprint density at radius 3 is 2.38 bits per heavy atom. The number of carbonyl (C=O) groups is 1. The fourth-order valence-electron chi connectivity index (χ4n) is 2.23. The van der Waals surface area contributed by atoms with Crippen molar-refractivity contribution in [2.24, 2.45) is 0 Å². The van der Waals surface area contributed by atoms with E-state index in [0.29, 0.717) is 6.04 Å². The van der Waals surface area contributed by atoms with Gasteiger partial charge < -0.3 is 9.80 Å². The zero-order valence-corrected chi connectivity index (χ0v) is 11.0. The molecule has 16 heavy (non-hydrogen) atoms. The van der Waals surface area contributed by atoms with Gasteiger partial charge in [-0.05, 0) is 40.3 Å². The van der Waals surface area contributed by atoms with Crippen molar-refractivity contribution in [2.45, 2.75) is 39.2 Å². The highest BCUT2D eigenvalue weighted by Crippen LogP contribution is 2.16. The second kappa shape index (κ2) is 6.04. The lowest BCUT2D eigenvalue weighted by Crippen LogP contribution is -2.44. The normalized spacial score (nSPS) is 19.3. The number of hydrogen-bond donors (Lipinski definition) is 0. The first-order valence-electron chi connectivity index (χ1n) is 6.18. The van der Waals surface area contributed by atoms with Crippen molar-refractivity contribution in [3.05, 3.63) is 11.6 Å². The summed E-state index contributed by atoms with van der Waals surface area (Å²) in [5.41, 5.74) is 0.894. The van der Waals surface area contributed by atoms with Gasteiger partial charge in [0.1, 0.15) is 0 Å². The Kier molecular flexibility index (Phi) is 5.00. The van der Waals surface area contributed by atoms with Crippen molar-refractivity contribution in [1.82, 2.24) is 9.80 Å². The number of allylic oxidation sites excluding steroid dienone is 1. The van der Waals surface area contributed by atoms with Crippen LogP contribution in [-0.2, 0) is 4.79 Å². The summed E-state index contributed by atoms with van der Waals surface area (Å²) >= 11 is 0. The lowest BCUT2D eigenvalue weighted by molar-refractivity contribution is -0.128. The van der Waals surface area contributed by atoms with E-state index in [4.69, 9.17) is 0 Å². The fourth-order valence-corrected chi connectivity index (χ4v) is 2.23. The van der Waals surface area contributed by atoms with Crippen LogP contribution in [-0.4, -0.2) is 48.9 Å². The van der Waals surface area contributed by atoms with Gasteiger partial charge in [-0.25, -0.2) is 0 Å². The molecule has 1 amide bonds. The molecule has 0 atom stereocenters. The third-order valence-electron chi connectivity index (χ3n) is 3.33. The summed E-state index contributed by atoms with van der Waals surface area (Å²) in [5, 5.41) is 0. The third-order valence-corrected chi connectivity index (χ3v) is 3.33. The van der Waals surface area contributed by atoms with Crippen LogP contribution in [0.3, 0.4) is 0 Å². The van der Waals surface area contributed by atoms with Gasteiger partial charge in [0, 0.05) is 24.7 Å². The van der Waals surface area contributed by atoms with Gasteiger partial charge in [0.25, 0.3) is 0 Å². The van der Waals surface area contributed by atoms with E-state index in [1.807, 2.05) is 17.9 Å². The Labute approximate surface area is 99.1 Å². The minimum absolute atomic E-state index is 0.221. The second-order valence-electron chi connectivity index (χ2n) is 4.78. The average molecular weight is 224 g/mol. The van der Waals surface area contributed by atoms with Crippen LogP contribution in [0.25, 0.3) is 0 Å². The molecule has 0 aromatic heterocycles. The molecule has 0 unspecified atom stereocenters. The van der Waals surface area contributed by atoms with E-state index in [1.165, 1.54) is 0 Å². The Morgan fingerprint density at radius 2 is 1.94 bits per heavy atom. The maximum Gasteiger partial charge on any atom is 0.249 e. The zero-order valence-electron chi connectivity index (χ0n) is 11.0. The van der Waals surface area contributed by atoms with E-state index in [0.717, 1.165) is 37.9 Å². The molecule has 92 valence electrons. The predicted octanol–water partition coefficient (Wildman–Crippen LogP) is 1.90. The first kappa shape index (κ1) is 13.2. The Hall–Kier alpha value is -0.830. The molecule has 0 spiro atoms. The van der Waals surface area contributed by atoms with E-state index >= 15 is 0 Å². The Balaban J connectivity index is 2.48. The number of nitrogens with zero attached hydrogens (tertiary/aromatic N) is 2. The SMILES string of the molecule is CC/C=C(/C)C(=O)N1CCC(N(C)C)CC1. The quantitative estimate of drug-likeness (QED) is 0.684. The lowest BCUT2D eigenvalue weighted by Gasteiger charge is -2.35. The molecule has 0 saturated carbocycles. The molecular weight excluding hydrogens is 200 g/mol. The molecule has 0 aromatic rings. The van der Waals surface area contributed by atoms with Gasteiger partial charge in [-0.2, -0.15) is 0 Å². The van der Waals surface area contributed by atoms with E-state index in [-0.39, 0.29) is 5.91 Å². The van der Waals surface area contributed by atoms with E-state index in [1.54, 1.807) is 0 Å². The Bertz CT molecular complexity index is 263. The predicted molar refractivity (Wildman–Crippen MR) is 67.3 cm³/mol. The van der Waals surface area contributed by atoms with Gasteiger partial charge in [-0.1, -0.05) is 13.0 Å². The van der Waals surface area contributed by atoms with E-state index < -0.39 is 0 Å². The smallest absolute Gasteiger partial charge is 0.249 e. The summed E-state index contributed by atoms with van der Waals surface area (Å²) in [7, 11) is 4.23. The number of rotatable bonds is 3. The summed E-state index contributed by atoms with van der Waals surface area (Å²) < 4.78 is 0. The molecule has 1 aliphatic heterocycles. The number of piperidine rings is 1. The fraction of sp³-hybridized carbons (Fsp3) is 0.769. The minimum Gasteiger partial charge on any atom is -0.339 e. The highest BCUT2D eigenvalue weighted by molar-refractivity contribution is 5.92. The van der Waals surface area contributed by atoms with Crippen LogP contribution in [0.2, 0.25) is 0 Å². The molecule has 0 bridgehead atoms. The van der Waals surface area contributed by atoms with E-state index in [2.05, 4.69) is 25.9 Å². The molecule has 3 heteroatoms. The van der Waals surface area contributed by atoms with Gasteiger partial charge >= 0.3 is 0 Å². The molecule has 1 fully saturated rings. The van der Waals surface area contributed by atoms with Gasteiger partial charge in [0.15, 0.2) is 0 Å². The topological polar surface area (TPSA) is 23.6 Å². The van der Waals surface area contributed by atoms with Gasteiger partial charge in [-0.3, -0.25) is 4.79 Å².